The molecule has 1 fully saturated rings. The van der Waals surface area contributed by atoms with Crippen LogP contribution in [0, 0.1) is 5.82 Å². The number of hydrogen-bond acceptors (Lipinski definition) is 1. The minimum absolute atomic E-state index is 0.109. The molecule has 1 aliphatic rings. The maximum absolute atomic E-state index is 12.9. The highest BCUT2D eigenvalue weighted by molar-refractivity contribution is 5.20. The molecule has 0 amide bonds. The summed E-state index contributed by atoms with van der Waals surface area (Å²) in [7, 11) is 0. The van der Waals surface area contributed by atoms with E-state index in [1.165, 1.54) is 12.1 Å². The second-order valence-electron chi connectivity index (χ2n) is 3.69. The second kappa shape index (κ2) is 4.05. The van der Waals surface area contributed by atoms with E-state index in [-0.39, 0.29) is 11.9 Å². The van der Waals surface area contributed by atoms with Gasteiger partial charge in [-0.3, -0.25) is 0 Å². The van der Waals surface area contributed by atoms with Gasteiger partial charge in [-0.15, -0.1) is 0 Å². The standard InChI is InChI=1S/C11H13F2N/c12-9-3-1-2-8(6-9)11-5-4-10(13)7-14-11/h1-3,6,10-11,14H,4-5,7H2. The predicted molar refractivity (Wildman–Crippen MR) is 51.3 cm³/mol. The topological polar surface area (TPSA) is 12.0 Å². The Balaban J connectivity index is 2.08. The molecule has 2 unspecified atom stereocenters. The molecule has 0 aliphatic carbocycles. The Bertz CT molecular complexity index is 306. The van der Waals surface area contributed by atoms with Crippen molar-refractivity contribution in [3.8, 4) is 0 Å². The summed E-state index contributed by atoms with van der Waals surface area (Å²) in [6, 6.07) is 6.60. The molecule has 0 aromatic heterocycles. The van der Waals surface area contributed by atoms with Crippen molar-refractivity contribution in [1.82, 2.24) is 5.32 Å². The fourth-order valence-electron chi connectivity index (χ4n) is 1.83. The SMILES string of the molecule is Fc1cccc(C2CCC(F)CN2)c1. The molecule has 0 saturated carbocycles. The van der Waals surface area contributed by atoms with Crippen LogP contribution in [0.5, 0.6) is 0 Å². The van der Waals surface area contributed by atoms with Gasteiger partial charge in [-0.05, 0) is 30.5 Å². The minimum Gasteiger partial charge on any atom is -0.307 e. The maximum Gasteiger partial charge on any atom is 0.123 e. The van der Waals surface area contributed by atoms with Crippen LogP contribution >= 0.6 is 0 Å². The highest BCUT2D eigenvalue weighted by atomic mass is 19.1. The third-order valence-electron chi connectivity index (χ3n) is 2.61. The van der Waals surface area contributed by atoms with Gasteiger partial charge in [-0.2, -0.15) is 0 Å². The van der Waals surface area contributed by atoms with Crippen molar-refractivity contribution in [2.24, 2.45) is 0 Å². The molecule has 1 aromatic carbocycles. The highest BCUT2D eigenvalue weighted by Gasteiger charge is 2.20. The lowest BCUT2D eigenvalue weighted by molar-refractivity contribution is 0.234. The van der Waals surface area contributed by atoms with E-state index in [0.717, 1.165) is 12.0 Å². The fourth-order valence-corrected chi connectivity index (χ4v) is 1.83. The molecule has 3 heteroatoms. The van der Waals surface area contributed by atoms with Gasteiger partial charge in [0.2, 0.25) is 0 Å². The van der Waals surface area contributed by atoms with Crippen LogP contribution in [0.2, 0.25) is 0 Å². The zero-order chi connectivity index (χ0) is 9.97. The molecule has 1 N–H and O–H groups in total. The molecule has 1 aliphatic heterocycles. The predicted octanol–water partition coefficient (Wildman–Crippen LogP) is 2.59. The molecule has 2 rings (SSSR count). The zero-order valence-electron chi connectivity index (χ0n) is 7.84. The molecule has 1 saturated heterocycles. The Morgan fingerprint density at radius 3 is 2.79 bits per heavy atom. The van der Waals surface area contributed by atoms with Crippen LogP contribution in [-0.2, 0) is 0 Å². The highest BCUT2D eigenvalue weighted by Crippen LogP contribution is 2.24. The van der Waals surface area contributed by atoms with E-state index in [9.17, 15) is 8.78 Å². The number of halogens is 2. The van der Waals surface area contributed by atoms with E-state index in [1.807, 2.05) is 6.07 Å². The normalized spacial score (nSPS) is 27.6. The first-order chi connectivity index (χ1) is 6.75. The van der Waals surface area contributed by atoms with E-state index in [4.69, 9.17) is 0 Å². The molecule has 76 valence electrons. The molecule has 14 heavy (non-hydrogen) atoms. The molecule has 1 nitrogen and oxygen atoms in total. The Morgan fingerprint density at radius 1 is 1.29 bits per heavy atom. The molecule has 0 spiro atoms. The van der Waals surface area contributed by atoms with Crippen LogP contribution < -0.4 is 5.32 Å². The van der Waals surface area contributed by atoms with E-state index < -0.39 is 6.17 Å². The third kappa shape index (κ3) is 2.10. The first kappa shape index (κ1) is 9.59. The van der Waals surface area contributed by atoms with Crippen LogP contribution in [0.1, 0.15) is 24.4 Å². The van der Waals surface area contributed by atoms with Crippen molar-refractivity contribution in [1.29, 1.82) is 0 Å². The van der Waals surface area contributed by atoms with Crippen LogP contribution in [0.25, 0.3) is 0 Å². The number of alkyl halides is 1. The van der Waals surface area contributed by atoms with E-state index in [1.54, 1.807) is 6.07 Å². The Kier molecular flexibility index (Phi) is 2.77. The van der Waals surface area contributed by atoms with Crippen molar-refractivity contribution in [2.75, 3.05) is 6.54 Å². The summed E-state index contributed by atoms with van der Waals surface area (Å²) < 4.78 is 25.7. The summed E-state index contributed by atoms with van der Waals surface area (Å²) in [5.74, 6) is -0.230. The lowest BCUT2D eigenvalue weighted by Gasteiger charge is -2.26. The van der Waals surface area contributed by atoms with Gasteiger partial charge in [-0.25, -0.2) is 8.78 Å². The van der Waals surface area contributed by atoms with Gasteiger partial charge in [-0.1, -0.05) is 12.1 Å². The summed E-state index contributed by atoms with van der Waals surface area (Å²) in [5, 5.41) is 3.07. The van der Waals surface area contributed by atoms with Crippen LogP contribution in [-0.4, -0.2) is 12.7 Å². The van der Waals surface area contributed by atoms with E-state index >= 15 is 0 Å². The van der Waals surface area contributed by atoms with Gasteiger partial charge < -0.3 is 5.32 Å². The molecule has 0 radical (unpaired) electrons. The van der Waals surface area contributed by atoms with Gasteiger partial charge in [0.15, 0.2) is 0 Å². The van der Waals surface area contributed by atoms with E-state index in [2.05, 4.69) is 5.32 Å². The van der Waals surface area contributed by atoms with E-state index in [0.29, 0.717) is 13.0 Å². The van der Waals surface area contributed by atoms with Crippen LogP contribution in [0.3, 0.4) is 0 Å². The number of piperidine rings is 1. The van der Waals surface area contributed by atoms with Gasteiger partial charge in [0, 0.05) is 12.6 Å². The lowest BCUT2D eigenvalue weighted by Crippen LogP contribution is -2.34. The van der Waals surface area contributed by atoms with Crippen LogP contribution in [0.15, 0.2) is 24.3 Å². The quantitative estimate of drug-likeness (QED) is 0.729. The van der Waals surface area contributed by atoms with Crippen molar-refractivity contribution < 1.29 is 8.78 Å². The summed E-state index contributed by atoms with van der Waals surface area (Å²) in [6.45, 7) is 0.376. The summed E-state index contributed by atoms with van der Waals surface area (Å²) in [4.78, 5) is 0. The van der Waals surface area contributed by atoms with Crippen molar-refractivity contribution in [2.45, 2.75) is 25.1 Å². The summed E-state index contributed by atoms with van der Waals surface area (Å²) >= 11 is 0. The Morgan fingerprint density at radius 2 is 2.14 bits per heavy atom. The Hall–Kier alpha value is -0.960. The second-order valence-corrected chi connectivity index (χ2v) is 3.69. The van der Waals surface area contributed by atoms with Crippen molar-refractivity contribution >= 4 is 0 Å². The molecule has 2 atom stereocenters. The summed E-state index contributed by atoms with van der Waals surface area (Å²) in [5.41, 5.74) is 0.914. The lowest BCUT2D eigenvalue weighted by atomic mass is 9.97. The third-order valence-corrected chi connectivity index (χ3v) is 2.61. The number of benzene rings is 1. The van der Waals surface area contributed by atoms with Gasteiger partial charge in [0.1, 0.15) is 12.0 Å². The molecule has 0 bridgehead atoms. The van der Waals surface area contributed by atoms with Crippen molar-refractivity contribution in [3.63, 3.8) is 0 Å². The minimum atomic E-state index is -0.750. The number of rotatable bonds is 1. The maximum atomic E-state index is 12.9. The average Bonchev–Trinajstić information content (AvgIpc) is 2.19. The zero-order valence-corrected chi connectivity index (χ0v) is 7.84. The van der Waals surface area contributed by atoms with Crippen molar-refractivity contribution in [3.05, 3.63) is 35.6 Å². The first-order valence-corrected chi connectivity index (χ1v) is 4.88. The van der Waals surface area contributed by atoms with Gasteiger partial charge in [0.05, 0.1) is 0 Å². The van der Waals surface area contributed by atoms with Gasteiger partial charge in [0.25, 0.3) is 0 Å². The first-order valence-electron chi connectivity index (χ1n) is 4.88. The van der Waals surface area contributed by atoms with Gasteiger partial charge >= 0.3 is 0 Å². The Labute approximate surface area is 82.1 Å². The largest absolute Gasteiger partial charge is 0.307 e. The fraction of sp³-hybridized carbons (Fsp3) is 0.455. The average molecular weight is 197 g/mol. The molecule has 1 heterocycles. The molecular formula is C11H13F2N. The van der Waals surface area contributed by atoms with Crippen LogP contribution in [0.4, 0.5) is 8.78 Å². The molecular weight excluding hydrogens is 184 g/mol. The number of hydrogen-bond donors (Lipinski definition) is 1. The molecule has 1 aromatic rings. The monoisotopic (exact) mass is 197 g/mol. The smallest absolute Gasteiger partial charge is 0.123 e. The summed E-state index contributed by atoms with van der Waals surface area (Å²) in [6.07, 6.45) is 0.554. The number of nitrogens with one attached hydrogen (secondary N) is 1.